The average molecular weight is 582 g/mol. The van der Waals surface area contributed by atoms with E-state index in [2.05, 4.69) is 84.9 Å². The Hall–Kier alpha value is -3.65. The SMILES string of the molecule is Cc1ccccc1-c1c(OCCN2CCN(C(C)C)CC2)ccc(-c2cccc3c(=O)cc(N4CCOCC4)oc23)c1C. The zero-order chi connectivity index (χ0) is 29.9. The molecule has 0 unspecified atom stereocenters. The first-order chi connectivity index (χ1) is 20.9. The summed E-state index contributed by atoms with van der Waals surface area (Å²) in [6.45, 7) is 17.4. The number of nitrogens with zero attached hydrogens (tertiary/aromatic N) is 3. The number of para-hydroxylation sites is 1. The zero-order valence-electron chi connectivity index (χ0n) is 25.9. The molecule has 3 aromatic carbocycles. The number of fused-ring (bicyclic) bond motifs is 1. The Morgan fingerprint density at radius 2 is 1.58 bits per heavy atom. The number of ether oxygens (including phenoxy) is 2. The summed E-state index contributed by atoms with van der Waals surface area (Å²) in [7, 11) is 0. The van der Waals surface area contributed by atoms with Crippen molar-refractivity contribution in [3.63, 3.8) is 0 Å². The number of hydrogen-bond donors (Lipinski definition) is 0. The summed E-state index contributed by atoms with van der Waals surface area (Å²) in [4.78, 5) is 20.4. The van der Waals surface area contributed by atoms with Crippen LogP contribution in [0, 0.1) is 13.8 Å². The van der Waals surface area contributed by atoms with Gasteiger partial charge in [-0.2, -0.15) is 0 Å². The summed E-state index contributed by atoms with van der Waals surface area (Å²) >= 11 is 0. The Balaban J connectivity index is 1.35. The molecule has 3 heterocycles. The first-order valence-corrected chi connectivity index (χ1v) is 15.6. The molecule has 0 saturated carbocycles. The van der Waals surface area contributed by atoms with Crippen LogP contribution >= 0.6 is 0 Å². The van der Waals surface area contributed by atoms with E-state index in [1.54, 1.807) is 6.07 Å². The van der Waals surface area contributed by atoms with Crippen LogP contribution < -0.4 is 15.1 Å². The van der Waals surface area contributed by atoms with E-state index in [0.717, 1.165) is 66.3 Å². The maximum absolute atomic E-state index is 13.3. The first kappa shape index (κ1) is 29.4. The van der Waals surface area contributed by atoms with Crippen LogP contribution in [-0.2, 0) is 4.74 Å². The van der Waals surface area contributed by atoms with Crippen molar-refractivity contribution in [3.05, 3.63) is 82.0 Å². The van der Waals surface area contributed by atoms with E-state index in [4.69, 9.17) is 13.9 Å². The molecule has 0 aliphatic carbocycles. The van der Waals surface area contributed by atoms with Crippen LogP contribution in [0.25, 0.3) is 33.2 Å². The maximum atomic E-state index is 13.3. The Morgan fingerprint density at radius 1 is 0.837 bits per heavy atom. The van der Waals surface area contributed by atoms with Crippen LogP contribution in [0.15, 0.2) is 69.9 Å². The highest BCUT2D eigenvalue weighted by Gasteiger charge is 2.22. The number of piperazine rings is 1. The molecule has 6 rings (SSSR count). The van der Waals surface area contributed by atoms with Crippen molar-refractivity contribution in [1.82, 2.24) is 9.80 Å². The second kappa shape index (κ2) is 12.9. The molecule has 43 heavy (non-hydrogen) atoms. The monoisotopic (exact) mass is 581 g/mol. The summed E-state index contributed by atoms with van der Waals surface area (Å²) in [6, 6.07) is 20.7. The molecule has 2 saturated heterocycles. The number of morpholine rings is 1. The average Bonchev–Trinajstić information content (AvgIpc) is 3.02. The van der Waals surface area contributed by atoms with Crippen molar-refractivity contribution in [2.45, 2.75) is 33.7 Å². The van der Waals surface area contributed by atoms with Gasteiger partial charge in [0.1, 0.15) is 17.9 Å². The largest absolute Gasteiger partial charge is 0.492 e. The lowest BCUT2D eigenvalue weighted by atomic mass is 9.89. The molecule has 2 fully saturated rings. The number of hydrogen-bond acceptors (Lipinski definition) is 7. The van der Waals surface area contributed by atoms with Gasteiger partial charge < -0.3 is 18.8 Å². The van der Waals surface area contributed by atoms with Crippen LogP contribution in [0.1, 0.15) is 25.0 Å². The van der Waals surface area contributed by atoms with Crippen LogP contribution in [-0.4, -0.2) is 81.5 Å². The molecule has 0 radical (unpaired) electrons. The van der Waals surface area contributed by atoms with Crippen molar-refractivity contribution in [3.8, 4) is 28.0 Å². The Bertz CT molecular complexity index is 1630. The lowest BCUT2D eigenvalue weighted by molar-refractivity contribution is 0.0972. The Labute approximate surface area is 254 Å². The van der Waals surface area contributed by atoms with E-state index < -0.39 is 0 Å². The standard InChI is InChI=1S/C36H43N3O4/c1-25(2)38-16-14-37(15-17-38)18-23-42-33-13-12-29(27(4)35(33)28-9-6-5-8-26(28)3)30-10-7-11-31-32(40)24-34(43-36(30)31)39-19-21-41-22-20-39/h5-13,24-25H,14-23H2,1-4H3. The van der Waals surface area contributed by atoms with Crippen LogP contribution in [0.4, 0.5) is 5.88 Å². The highest BCUT2D eigenvalue weighted by Crippen LogP contribution is 2.42. The van der Waals surface area contributed by atoms with Gasteiger partial charge in [0.05, 0.1) is 18.6 Å². The summed E-state index contributed by atoms with van der Waals surface area (Å²) in [6.07, 6.45) is 0. The lowest BCUT2D eigenvalue weighted by Crippen LogP contribution is -2.49. The Kier molecular flexibility index (Phi) is 8.84. The molecule has 1 aromatic heterocycles. The van der Waals surface area contributed by atoms with Crippen LogP contribution in [0.3, 0.4) is 0 Å². The first-order valence-electron chi connectivity index (χ1n) is 15.6. The minimum atomic E-state index is -0.0319. The number of aryl methyl sites for hydroxylation is 1. The molecular formula is C36H43N3O4. The number of anilines is 1. The van der Waals surface area contributed by atoms with Crippen LogP contribution in [0.5, 0.6) is 5.75 Å². The predicted molar refractivity (Wildman–Crippen MR) is 175 cm³/mol. The van der Waals surface area contributed by atoms with Gasteiger partial charge in [-0.3, -0.25) is 14.6 Å². The third kappa shape index (κ3) is 6.21. The molecule has 4 aromatic rings. The fourth-order valence-corrected chi connectivity index (χ4v) is 6.39. The van der Waals surface area contributed by atoms with Gasteiger partial charge in [0, 0.05) is 69.0 Å². The molecule has 7 heteroatoms. The van der Waals surface area contributed by atoms with Crippen molar-refractivity contribution in [2.75, 3.05) is 70.5 Å². The quantitative estimate of drug-likeness (QED) is 0.254. The third-order valence-corrected chi connectivity index (χ3v) is 9.00. The summed E-state index contributed by atoms with van der Waals surface area (Å²) in [5.74, 6) is 1.48. The van der Waals surface area contributed by atoms with Gasteiger partial charge in [-0.05, 0) is 62.1 Å². The summed E-state index contributed by atoms with van der Waals surface area (Å²) < 4.78 is 18.6. The summed E-state index contributed by atoms with van der Waals surface area (Å²) in [5, 5.41) is 0.587. The van der Waals surface area contributed by atoms with E-state index in [-0.39, 0.29) is 5.43 Å². The van der Waals surface area contributed by atoms with E-state index in [9.17, 15) is 4.79 Å². The molecule has 0 bridgehead atoms. The number of benzene rings is 3. The van der Waals surface area contributed by atoms with E-state index in [1.807, 2.05) is 12.1 Å². The number of rotatable bonds is 8. The van der Waals surface area contributed by atoms with Gasteiger partial charge in [0.2, 0.25) is 0 Å². The molecular weight excluding hydrogens is 538 g/mol. The van der Waals surface area contributed by atoms with Crippen molar-refractivity contribution in [1.29, 1.82) is 0 Å². The van der Waals surface area contributed by atoms with Gasteiger partial charge in [0.25, 0.3) is 0 Å². The van der Waals surface area contributed by atoms with E-state index >= 15 is 0 Å². The normalized spacial score (nSPS) is 16.7. The minimum Gasteiger partial charge on any atom is -0.492 e. The van der Waals surface area contributed by atoms with Crippen molar-refractivity contribution >= 4 is 16.9 Å². The molecule has 7 nitrogen and oxygen atoms in total. The fourth-order valence-electron chi connectivity index (χ4n) is 6.39. The molecule has 0 N–H and O–H groups in total. The highest BCUT2D eigenvalue weighted by molar-refractivity contribution is 5.95. The Morgan fingerprint density at radius 3 is 2.33 bits per heavy atom. The molecule has 226 valence electrons. The zero-order valence-corrected chi connectivity index (χ0v) is 25.9. The van der Waals surface area contributed by atoms with Crippen LogP contribution in [0.2, 0.25) is 0 Å². The summed E-state index contributed by atoms with van der Waals surface area (Å²) in [5.41, 5.74) is 7.05. The minimum absolute atomic E-state index is 0.0319. The second-order valence-electron chi connectivity index (χ2n) is 12.0. The van der Waals surface area contributed by atoms with Gasteiger partial charge in [0.15, 0.2) is 11.3 Å². The molecule has 2 aliphatic heterocycles. The molecule has 0 atom stereocenters. The van der Waals surface area contributed by atoms with Crippen molar-refractivity contribution < 1.29 is 13.9 Å². The predicted octanol–water partition coefficient (Wildman–Crippen LogP) is 5.99. The second-order valence-corrected chi connectivity index (χ2v) is 12.0. The van der Waals surface area contributed by atoms with Gasteiger partial charge >= 0.3 is 0 Å². The molecule has 0 amide bonds. The third-order valence-electron chi connectivity index (χ3n) is 9.00. The highest BCUT2D eigenvalue weighted by atomic mass is 16.5. The smallest absolute Gasteiger partial charge is 0.200 e. The topological polar surface area (TPSA) is 58.4 Å². The van der Waals surface area contributed by atoms with E-state index in [1.165, 1.54) is 5.56 Å². The maximum Gasteiger partial charge on any atom is 0.200 e. The van der Waals surface area contributed by atoms with Crippen molar-refractivity contribution in [2.24, 2.45) is 0 Å². The van der Waals surface area contributed by atoms with Gasteiger partial charge in [-0.15, -0.1) is 0 Å². The van der Waals surface area contributed by atoms with E-state index in [0.29, 0.717) is 55.8 Å². The molecule has 2 aliphatic rings. The van der Waals surface area contributed by atoms with Gasteiger partial charge in [-0.1, -0.05) is 42.5 Å². The fraction of sp³-hybridized carbons (Fsp3) is 0.417. The lowest BCUT2D eigenvalue weighted by Gasteiger charge is -2.36. The molecule has 0 spiro atoms. The van der Waals surface area contributed by atoms with Gasteiger partial charge in [-0.25, -0.2) is 0 Å².